The van der Waals surface area contributed by atoms with E-state index in [4.69, 9.17) is 9.52 Å². The fraction of sp³-hybridized carbons (Fsp3) is 0.143. The molecule has 0 saturated heterocycles. The number of carboxylic acids is 1. The third-order valence-corrected chi connectivity index (χ3v) is 3.78. The second-order valence-corrected chi connectivity index (χ2v) is 4.98. The second-order valence-electron chi connectivity index (χ2n) is 4.19. The van der Waals surface area contributed by atoms with E-state index in [1.807, 2.05) is 13.0 Å². The first-order chi connectivity index (χ1) is 9.49. The fourth-order valence-electron chi connectivity index (χ4n) is 1.67. The molecule has 1 heterocycles. The fourth-order valence-corrected chi connectivity index (χ4v) is 2.12. The van der Waals surface area contributed by atoms with E-state index < -0.39 is 5.97 Å². The Morgan fingerprint density at radius 3 is 2.70 bits per heavy atom. The molecule has 1 aromatic carbocycles. The first kappa shape index (κ1) is 14.3. The third kappa shape index (κ3) is 3.08. The summed E-state index contributed by atoms with van der Waals surface area (Å²) in [6.45, 7) is 2.03. The lowest BCUT2D eigenvalue weighted by Gasteiger charge is -2.07. The molecule has 1 amide bonds. The van der Waals surface area contributed by atoms with Crippen molar-refractivity contribution in [1.82, 2.24) is 5.32 Å². The molecule has 0 saturated carbocycles. The molecule has 2 N–H and O–H groups in total. The molecular formula is C14H12BrNO4. The SMILES string of the molecule is Cc1cccc(C(=O)NCc2ccc(C(=O)O)o2)c1Br. The van der Waals surface area contributed by atoms with Crippen LogP contribution in [0.15, 0.2) is 39.2 Å². The molecule has 0 fully saturated rings. The van der Waals surface area contributed by atoms with Gasteiger partial charge >= 0.3 is 5.97 Å². The molecule has 0 aliphatic carbocycles. The maximum Gasteiger partial charge on any atom is 0.371 e. The van der Waals surface area contributed by atoms with Crippen molar-refractivity contribution in [2.45, 2.75) is 13.5 Å². The van der Waals surface area contributed by atoms with Gasteiger partial charge in [0.1, 0.15) is 5.76 Å². The van der Waals surface area contributed by atoms with Crippen molar-refractivity contribution in [3.8, 4) is 0 Å². The molecule has 20 heavy (non-hydrogen) atoms. The summed E-state index contributed by atoms with van der Waals surface area (Å²) >= 11 is 3.37. The third-order valence-electron chi connectivity index (χ3n) is 2.73. The van der Waals surface area contributed by atoms with Crippen LogP contribution in [-0.2, 0) is 6.54 Å². The van der Waals surface area contributed by atoms with E-state index in [0.717, 1.165) is 10.0 Å². The van der Waals surface area contributed by atoms with Crippen LogP contribution < -0.4 is 5.32 Å². The van der Waals surface area contributed by atoms with E-state index in [0.29, 0.717) is 11.3 Å². The maximum absolute atomic E-state index is 12.0. The number of carbonyl (C=O) groups excluding carboxylic acids is 1. The van der Waals surface area contributed by atoms with Crippen molar-refractivity contribution in [3.63, 3.8) is 0 Å². The number of aryl methyl sites for hydroxylation is 1. The van der Waals surface area contributed by atoms with E-state index in [9.17, 15) is 9.59 Å². The predicted octanol–water partition coefficient (Wildman–Crippen LogP) is 2.98. The summed E-state index contributed by atoms with van der Waals surface area (Å²) in [5.74, 6) is -1.15. The molecule has 6 heteroatoms. The van der Waals surface area contributed by atoms with Crippen LogP contribution in [-0.4, -0.2) is 17.0 Å². The van der Waals surface area contributed by atoms with E-state index in [2.05, 4.69) is 21.2 Å². The van der Waals surface area contributed by atoms with Gasteiger partial charge in [0.25, 0.3) is 5.91 Å². The number of hydrogen-bond acceptors (Lipinski definition) is 3. The highest BCUT2D eigenvalue weighted by Crippen LogP contribution is 2.21. The largest absolute Gasteiger partial charge is 0.475 e. The van der Waals surface area contributed by atoms with Crippen LogP contribution in [0.2, 0.25) is 0 Å². The van der Waals surface area contributed by atoms with Crippen molar-refractivity contribution < 1.29 is 19.1 Å². The maximum atomic E-state index is 12.0. The Labute approximate surface area is 123 Å². The van der Waals surface area contributed by atoms with Gasteiger partial charge in [-0.15, -0.1) is 0 Å². The summed E-state index contributed by atoms with van der Waals surface area (Å²) in [5.41, 5.74) is 1.49. The van der Waals surface area contributed by atoms with Gasteiger partial charge in [-0.1, -0.05) is 12.1 Å². The van der Waals surface area contributed by atoms with Gasteiger partial charge in [0, 0.05) is 4.47 Å². The number of rotatable bonds is 4. The van der Waals surface area contributed by atoms with Gasteiger partial charge in [0.05, 0.1) is 12.1 Å². The van der Waals surface area contributed by atoms with Gasteiger partial charge in [0.15, 0.2) is 0 Å². The second kappa shape index (κ2) is 5.92. The summed E-state index contributed by atoms with van der Waals surface area (Å²) in [7, 11) is 0. The van der Waals surface area contributed by atoms with Crippen molar-refractivity contribution in [3.05, 3.63) is 57.5 Å². The zero-order chi connectivity index (χ0) is 14.7. The smallest absolute Gasteiger partial charge is 0.371 e. The van der Waals surface area contributed by atoms with E-state index in [1.54, 1.807) is 12.1 Å². The molecule has 2 rings (SSSR count). The van der Waals surface area contributed by atoms with Gasteiger partial charge in [-0.3, -0.25) is 4.79 Å². The summed E-state index contributed by atoms with van der Waals surface area (Å²) in [6.07, 6.45) is 0. The average Bonchev–Trinajstić information content (AvgIpc) is 2.88. The van der Waals surface area contributed by atoms with E-state index >= 15 is 0 Å². The normalized spacial score (nSPS) is 10.3. The lowest BCUT2D eigenvalue weighted by atomic mass is 10.1. The van der Waals surface area contributed by atoms with Crippen LogP contribution in [0, 0.1) is 6.92 Å². The first-order valence-corrected chi connectivity index (χ1v) is 6.63. The monoisotopic (exact) mass is 337 g/mol. The molecule has 104 valence electrons. The average molecular weight is 338 g/mol. The molecule has 0 unspecified atom stereocenters. The Bertz CT molecular complexity index is 663. The molecular weight excluding hydrogens is 326 g/mol. The first-order valence-electron chi connectivity index (χ1n) is 5.84. The summed E-state index contributed by atoms with van der Waals surface area (Å²) in [6, 6.07) is 8.27. The Morgan fingerprint density at radius 1 is 1.30 bits per heavy atom. The predicted molar refractivity (Wildman–Crippen MR) is 75.7 cm³/mol. The number of carbonyl (C=O) groups is 2. The topological polar surface area (TPSA) is 79.5 Å². The number of amides is 1. The standard InChI is InChI=1S/C14H12BrNO4/c1-8-3-2-4-10(12(8)15)13(17)16-7-9-5-6-11(20-9)14(18)19/h2-6H,7H2,1H3,(H,16,17)(H,18,19). The minimum Gasteiger partial charge on any atom is -0.475 e. The molecule has 0 aliphatic rings. The number of furan rings is 1. The Hall–Kier alpha value is -2.08. The van der Waals surface area contributed by atoms with Crippen LogP contribution in [0.5, 0.6) is 0 Å². The minimum atomic E-state index is -1.14. The summed E-state index contributed by atoms with van der Waals surface area (Å²) < 4.78 is 5.80. The van der Waals surface area contributed by atoms with Gasteiger partial charge in [0.2, 0.25) is 5.76 Å². The number of halogens is 1. The van der Waals surface area contributed by atoms with Crippen molar-refractivity contribution >= 4 is 27.8 Å². The van der Waals surface area contributed by atoms with Crippen LogP contribution in [0.25, 0.3) is 0 Å². The van der Waals surface area contributed by atoms with E-state index in [-0.39, 0.29) is 18.2 Å². The zero-order valence-corrected chi connectivity index (χ0v) is 12.2. The zero-order valence-electron chi connectivity index (χ0n) is 10.6. The molecule has 5 nitrogen and oxygen atoms in total. The number of nitrogens with one attached hydrogen (secondary N) is 1. The molecule has 0 radical (unpaired) electrons. The van der Waals surface area contributed by atoms with Gasteiger partial charge in [-0.2, -0.15) is 0 Å². The van der Waals surface area contributed by atoms with Gasteiger partial charge in [-0.25, -0.2) is 4.79 Å². The number of carboxylic acid groups (broad SMARTS) is 1. The molecule has 2 aromatic rings. The van der Waals surface area contributed by atoms with Crippen LogP contribution in [0.4, 0.5) is 0 Å². The molecule has 0 spiro atoms. The molecule has 0 aliphatic heterocycles. The lowest BCUT2D eigenvalue weighted by molar-refractivity contribution is 0.0660. The summed E-state index contributed by atoms with van der Waals surface area (Å²) in [4.78, 5) is 22.7. The number of hydrogen-bond donors (Lipinski definition) is 2. The molecule has 1 aromatic heterocycles. The highest BCUT2D eigenvalue weighted by Gasteiger charge is 2.13. The molecule has 0 bridgehead atoms. The van der Waals surface area contributed by atoms with Gasteiger partial charge in [-0.05, 0) is 46.6 Å². The van der Waals surface area contributed by atoms with Gasteiger partial charge < -0.3 is 14.8 Å². The van der Waals surface area contributed by atoms with Crippen molar-refractivity contribution in [1.29, 1.82) is 0 Å². The van der Waals surface area contributed by atoms with Crippen LogP contribution >= 0.6 is 15.9 Å². The Balaban J connectivity index is 2.05. The lowest BCUT2D eigenvalue weighted by Crippen LogP contribution is -2.23. The minimum absolute atomic E-state index is 0.131. The number of benzene rings is 1. The van der Waals surface area contributed by atoms with Crippen LogP contribution in [0.3, 0.4) is 0 Å². The molecule has 0 atom stereocenters. The van der Waals surface area contributed by atoms with Crippen LogP contribution in [0.1, 0.15) is 32.2 Å². The Morgan fingerprint density at radius 2 is 2.05 bits per heavy atom. The van der Waals surface area contributed by atoms with Crippen molar-refractivity contribution in [2.75, 3.05) is 0 Å². The quantitative estimate of drug-likeness (QED) is 0.898. The highest BCUT2D eigenvalue weighted by atomic mass is 79.9. The summed E-state index contributed by atoms with van der Waals surface area (Å²) in [5, 5.41) is 11.4. The Kier molecular flexibility index (Phi) is 4.24. The number of aromatic carboxylic acids is 1. The van der Waals surface area contributed by atoms with E-state index in [1.165, 1.54) is 12.1 Å². The van der Waals surface area contributed by atoms with Crippen molar-refractivity contribution in [2.24, 2.45) is 0 Å². The highest BCUT2D eigenvalue weighted by molar-refractivity contribution is 9.10.